The molecule has 0 saturated heterocycles. The predicted molar refractivity (Wildman–Crippen MR) is 237 cm³/mol. The molecule has 0 spiro atoms. The van der Waals surface area contributed by atoms with E-state index in [0.717, 1.165) is 44.6 Å². The highest BCUT2D eigenvalue weighted by Gasteiger charge is 2.20. The lowest BCUT2D eigenvalue weighted by Gasteiger charge is -2.26. The van der Waals surface area contributed by atoms with Crippen molar-refractivity contribution in [3.8, 4) is 33.4 Å². The van der Waals surface area contributed by atoms with Gasteiger partial charge in [-0.3, -0.25) is 0 Å². The summed E-state index contributed by atoms with van der Waals surface area (Å²) in [6.07, 6.45) is 0. The van der Waals surface area contributed by atoms with Gasteiger partial charge >= 0.3 is 0 Å². The molecular formula is C54H35NO. The Kier molecular flexibility index (Phi) is 7.53. The van der Waals surface area contributed by atoms with E-state index in [1.54, 1.807) is 0 Å². The van der Waals surface area contributed by atoms with Gasteiger partial charge in [0.15, 0.2) is 5.58 Å². The van der Waals surface area contributed by atoms with Gasteiger partial charge in [0, 0.05) is 22.1 Å². The van der Waals surface area contributed by atoms with Crippen molar-refractivity contribution in [1.29, 1.82) is 0 Å². The number of furan rings is 1. The number of benzene rings is 10. The first-order chi connectivity index (χ1) is 27.7. The van der Waals surface area contributed by atoms with Crippen molar-refractivity contribution in [2.24, 2.45) is 0 Å². The van der Waals surface area contributed by atoms with E-state index >= 15 is 0 Å². The van der Waals surface area contributed by atoms with Gasteiger partial charge in [0.1, 0.15) is 5.58 Å². The summed E-state index contributed by atoms with van der Waals surface area (Å²) in [5, 5.41) is 9.78. The van der Waals surface area contributed by atoms with Crippen LogP contribution in [-0.2, 0) is 0 Å². The third-order valence-corrected chi connectivity index (χ3v) is 11.2. The van der Waals surface area contributed by atoms with Crippen LogP contribution in [0.4, 0.5) is 17.1 Å². The number of anilines is 3. The molecule has 0 aliphatic heterocycles. The first-order valence-corrected chi connectivity index (χ1v) is 19.2. The Morgan fingerprint density at radius 2 is 0.857 bits per heavy atom. The van der Waals surface area contributed by atoms with Crippen molar-refractivity contribution in [1.82, 2.24) is 0 Å². The Morgan fingerprint density at radius 3 is 1.62 bits per heavy atom. The predicted octanol–water partition coefficient (Wildman–Crippen LogP) is 15.5. The minimum absolute atomic E-state index is 0.867. The van der Waals surface area contributed by atoms with Gasteiger partial charge in [0.25, 0.3) is 0 Å². The highest BCUT2D eigenvalue weighted by Crippen LogP contribution is 2.43. The fourth-order valence-electron chi connectivity index (χ4n) is 8.47. The molecule has 0 saturated carbocycles. The smallest absolute Gasteiger partial charge is 0.159 e. The number of hydrogen-bond donors (Lipinski definition) is 0. The first-order valence-electron chi connectivity index (χ1n) is 19.2. The lowest BCUT2D eigenvalue weighted by molar-refractivity contribution is 0.669. The summed E-state index contributed by atoms with van der Waals surface area (Å²) >= 11 is 0. The molecule has 1 heterocycles. The fraction of sp³-hybridized carbons (Fsp3) is 0. The maximum atomic E-state index is 6.61. The van der Waals surface area contributed by atoms with Crippen molar-refractivity contribution < 1.29 is 4.42 Å². The number of hydrogen-bond acceptors (Lipinski definition) is 2. The van der Waals surface area contributed by atoms with E-state index in [2.05, 4.69) is 205 Å². The lowest BCUT2D eigenvalue weighted by atomic mass is 9.92. The van der Waals surface area contributed by atoms with Crippen LogP contribution in [0.15, 0.2) is 217 Å². The standard InChI is InChI=1S/C54H35NO/c1-2-12-39-33-41(24-23-36(39)11-1)38-27-31-45(32-28-38)55(52-21-10-20-50-49-19-7-8-22-53(49)56-54(50)52)44-29-25-37(26-30-44)40-14-9-15-42(34-40)51-35-43-13-3-4-16-46(43)47-17-5-6-18-48(47)51/h1-35H. The van der Waals surface area contributed by atoms with Crippen molar-refractivity contribution in [2.45, 2.75) is 0 Å². The lowest BCUT2D eigenvalue weighted by Crippen LogP contribution is -2.10. The van der Waals surface area contributed by atoms with Crippen molar-refractivity contribution >= 4 is 71.3 Å². The Labute approximate surface area is 325 Å². The SMILES string of the molecule is c1cc(-c2ccc(N(c3ccc(-c4ccc5ccccc5c4)cc3)c3cccc4c3oc3ccccc34)cc2)cc(-c2cc3ccccc3c3ccccc23)c1. The van der Waals surface area contributed by atoms with E-state index < -0.39 is 0 Å². The Bertz CT molecular complexity index is 3250. The second-order valence-electron chi connectivity index (χ2n) is 14.5. The average Bonchev–Trinajstić information content (AvgIpc) is 3.66. The van der Waals surface area contributed by atoms with Gasteiger partial charge in [-0.25, -0.2) is 0 Å². The van der Waals surface area contributed by atoms with Gasteiger partial charge in [-0.2, -0.15) is 0 Å². The fourth-order valence-corrected chi connectivity index (χ4v) is 8.47. The minimum Gasteiger partial charge on any atom is -0.454 e. The molecule has 11 aromatic rings. The molecule has 56 heavy (non-hydrogen) atoms. The van der Waals surface area contributed by atoms with Crippen LogP contribution in [0.25, 0.3) is 87.6 Å². The first kappa shape index (κ1) is 32.0. The minimum atomic E-state index is 0.867. The number of para-hydroxylation sites is 2. The van der Waals surface area contributed by atoms with Crippen LogP contribution in [0.5, 0.6) is 0 Å². The zero-order valence-electron chi connectivity index (χ0n) is 30.6. The molecular weight excluding hydrogens is 679 g/mol. The summed E-state index contributed by atoms with van der Waals surface area (Å²) in [6, 6.07) is 76.4. The molecule has 0 aliphatic rings. The number of fused-ring (bicyclic) bond motifs is 7. The zero-order valence-corrected chi connectivity index (χ0v) is 30.6. The molecule has 0 fully saturated rings. The second-order valence-corrected chi connectivity index (χ2v) is 14.5. The molecule has 0 amide bonds. The van der Waals surface area contributed by atoms with Crippen LogP contribution >= 0.6 is 0 Å². The Hall–Kier alpha value is -7.42. The highest BCUT2D eigenvalue weighted by molar-refractivity contribution is 6.14. The van der Waals surface area contributed by atoms with Crippen LogP contribution in [0.1, 0.15) is 0 Å². The maximum Gasteiger partial charge on any atom is 0.159 e. The molecule has 11 rings (SSSR count). The molecule has 2 nitrogen and oxygen atoms in total. The van der Waals surface area contributed by atoms with Crippen molar-refractivity contribution in [3.63, 3.8) is 0 Å². The molecule has 0 unspecified atom stereocenters. The zero-order chi connectivity index (χ0) is 37.0. The van der Waals surface area contributed by atoms with E-state index in [-0.39, 0.29) is 0 Å². The van der Waals surface area contributed by atoms with Crippen LogP contribution in [-0.4, -0.2) is 0 Å². The topological polar surface area (TPSA) is 16.4 Å². The summed E-state index contributed by atoms with van der Waals surface area (Å²) in [6.45, 7) is 0. The van der Waals surface area contributed by atoms with Gasteiger partial charge < -0.3 is 9.32 Å². The highest BCUT2D eigenvalue weighted by atomic mass is 16.3. The summed E-state index contributed by atoms with van der Waals surface area (Å²) in [5.41, 5.74) is 12.0. The summed E-state index contributed by atoms with van der Waals surface area (Å²) in [4.78, 5) is 2.32. The molecule has 0 bridgehead atoms. The Balaban J connectivity index is 1.01. The molecule has 0 radical (unpaired) electrons. The van der Waals surface area contributed by atoms with E-state index in [1.165, 1.54) is 60.1 Å². The van der Waals surface area contributed by atoms with E-state index in [0.29, 0.717) is 0 Å². The van der Waals surface area contributed by atoms with E-state index in [1.807, 2.05) is 12.1 Å². The van der Waals surface area contributed by atoms with Gasteiger partial charge in [-0.15, -0.1) is 0 Å². The summed E-state index contributed by atoms with van der Waals surface area (Å²) in [5.74, 6) is 0. The van der Waals surface area contributed by atoms with Crippen LogP contribution in [0.2, 0.25) is 0 Å². The van der Waals surface area contributed by atoms with Gasteiger partial charge in [-0.05, 0) is 120 Å². The number of rotatable bonds is 6. The molecule has 0 atom stereocenters. The normalized spacial score (nSPS) is 11.6. The summed E-state index contributed by atoms with van der Waals surface area (Å²) in [7, 11) is 0. The van der Waals surface area contributed by atoms with Crippen LogP contribution < -0.4 is 4.90 Å². The van der Waals surface area contributed by atoms with Gasteiger partial charge in [0.2, 0.25) is 0 Å². The molecule has 0 N–H and O–H groups in total. The third kappa shape index (κ3) is 5.42. The summed E-state index contributed by atoms with van der Waals surface area (Å²) < 4.78 is 6.61. The largest absolute Gasteiger partial charge is 0.454 e. The third-order valence-electron chi connectivity index (χ3n) is 11.2. The van der Waals surface area contributed by atoms with Crippen LogP contribution in [0, 0.1) is 0 Å². The molecule has 10 aromatic carbocycles. The van der Waals surface area contributed by atoms with E-state index in [4.69, 9.17) is 4.42 Å². The van der Waals surface area contributed by atoms with E-state index in [9.17, 15) is 0 Å². The number of nitrogens with zero attached hydrogens (tertiary/aromatic N) is 1. The van der Waals surface area contributed by atoms with Crippen LogP contribution in [0.3, 0.4) is 0 Å². The maximum absolute atomic E-state index is 6.61. The molecule has 0 aliphatic carbocycles. The molecule has 1 aromatic heterocycles. The monoisotopic (exact) mass is 713 g/mol. The molecule has 262 valence electrons. The van der Waals surface area contributed by atoms with Crippen molar-refractivity contribution in [2.75, 3.05) is 4.90 Å². The second kappa shape index (κ2) is 13.2. The quantitative estimate of drug-likeness (QED) is 0.160. The van der Waals surface area contributed by atoms with Gasteiger partial charge in [0.05, 0.1) is 5.69 Å². The molecule has 2 heteroatoms. The average molecular weight is 714 g/mol. The van der Waals surface area contributed by atoms with Crippen molar-refractivity contribution in [3.05, 3.63) is 212 Å². The Morgan fingerprint density at radius 1 is 0.304 bits per heavy atom. The van der Waals surface area contributed by atoms with Gasteiger partial charge in [-0.1, -0.05) is 158 Å².